The van der Waals surface area contributed by atoms with E-state index in [-0.39, 0.29) is 13.1 Å². The van der Waals surface area contributed by atoms with Gasteiger partial charge in [-0.2, -0.15) is 0 Å². The number of hydrogen-bond donors (Lipinski definition) is 1. The molecule has 50 heavy (non-hydrogen) atoms. The Morgan fingerprint density at radius 1 is 0.980 bits per heavy atom. The van der Waals surface area contributed by atoms with Crippen LogP contribution >= 0.6 is 6.83 Å². The molecular formula is C36H39N4O8PS. The molecule has 6 rings (SSSR count). The number of carbonyl (C=O) groups is 2. The van der Waals surface area contributed by atoms with E-state index in [1.54, 1.807) is 45.7 Å². The van der Waals surface area contributed by atoms with Gasteiger partial charge in [0.05, 0.1) is 0 Å². The number of benzene rings is 3. The van der Waals surface area contributed by atoms with Crippen molar-refractivity contribution in [1.29, 1.82) is 0 Å². The van der Waals surface area contributed by atoms with Crippen molar-refractivity contribution in [2.75, 3.05) is 13.1 Å². The van der Waals surface area contributed by atoms with Crippen molar-refractivity contribution in [1.82, 2.24) is 20.3 Å². The third-order valence-corrected chi connectivity index (χ3v) is 15.6. The van der Waals surface area contributed by atoms with E-state index in [2.05, 4.69) is 10.3 Å². The number of nitrogens with zero attached hydrogens (tertiary/aromatic N) is 3. The first-order chi connectivity index (χ1) is 23.9. The normalized spacial score (nSPS) is 18.8. The van der Waals surface area contributed by atoms with Gasteiger partial charge in [0.2, 0.25) is 0 Å². The molecule has 1 saturated heterocycles. The van der Waals surface area contributed by atoms with Crippen molar-refractivity contribution >= 4 is 50.8 Å². The van der Waals surface area contributed by atoms with Gasteiger partial charge >= 0.3 is 272 Å². The third kappa shape index (κ3) is 6.45. The molecule has 0 unspecified atom stereocenters. The Morgan fingerprint density at radius 2 is 1.54 bits per heavy atom. The number of oxazole rings is 1. The van der Waals surface area contributed by atoms with Crippen LogP contribution in [0.2, 0.25) is 0 Å². The minimum absolute atomic E-state index is 0.0178. The maximum absolute atomic E-state index is 14.6. The number of rotatable bonds is 11. The summed E-state index contributed by atoms with van der Waals surface area (Å²) >= 11 is 0. The Hall–Kier alpha value is -4.81. The maximum atomic E-state index is 14.6. The average Bonchev–Trinajstić information content (AvgIpc) is 3.72. The third-order valence-electron chi connectivity index (χ3n) is 8.45. The van der Waals surface area contributed by atoms with Gasteiger partial charge in [-0.15, -0.1) is 0 Å². The molecule has 0 aliphatic carbocycles. The Morgan fingerprint density at radius 3 is 2.02 bits per heavy atom. The fourth-order valence-corrected chi connectivity index (χ4v) is 14.0. The molecule has 262 valence electrons. The number of hydrogen-bond acceptors (Lipinski definition) is 9. The van der Waals surface area contributed by atoms with E-state index in [1.165, 1.54) is 17.5 Å². The minimum atomic E-state index is -5.05. The average molecular weight is 719 g/mol. The first-order valence-electron chi connectivity index (χ1n) is 16.0. The zero-order valence-corrected chi connectivity index (χ0v) is 29.8. The van der Waals surface area contributed by atoms with Crippen LogP contribution in [0.1, 0.15) is 33.5 Å². The second-order valence-corrected chi connectivity index (χ2v) is 18.5. The van der Waals surface area contributed by atoms with Crippen molar-refractivity contribution in [3.63, 3.8) is 0 Å². The van der Waals surface area contributed by atoms with Crippen LogP contribution in [0.3, 0.4) is 0 Å². The first-order valence-corrected chi connectivity index (χ1v) is 19.6. The number of aromatic nitrogens is 1. The van der Waals surface area contributed by atoms with Gasteiger partial charge in [-0.3, -0.25) is 0 Å². The summed E-state index contributed by atoms with van der Waals surface area (Å²) in [4.78, 5) is 32.0. The number of hydroxylamine groups is 2. The molecule has 3 heterocycles. The standard InChI is InChI=1S/C36H39N4O8PS/c1-5-21-49(28-15-9-6-10-16-28,29-17-11-7-12-18-29,30-19-13-8-14-20-30)48-50(43,44)47-40-32-25-39(35(40)42)27(22-31(32)33-24-37-26-45-33)23-38-34(41)46-36(2,3)4/h5-22,24,26-27,32H,23,25H2,1-4H3,(H,38,41)/b21-5+/t27-,32+/m1/s1. The van der Waals surface area contributed by atoms with E-state index in [0.29, 0.717) is 27.2 Å². The second-order valence-electron chi connectivity index (χ2n) is 12.9. The van der Waals surface area contributed by atoms with Crippen molar-refractivity contribution in [2.24, 2.45) is 0 Å². The van der Waals surface area contributed by atoms with Crippen LogP contribution in [0.4, 0.5) is 9.59 Å². The Kier molecular flexibility index (Phi) is 9.45. The number of nitrogens with one attached hydrogen (secondary N) is 1. The predicted molar refractivity (Wildman–Crippen MR) is 191 cm³/mol. The van der Waals surface area contributed by atoms with Crippen LogP contribution in [-0.4, -0.2) is 66.3 Å². The zero-order valence-electron chi connectivity index (χ0n) is 28.1. The van der Waals surface area contributed by atoms with Gasteiger partial charge < -0.3 is 0 Å². The molecule has 2 bridgehead atoms. The molecule has 2 aliphatic rings. The number of urea groups is 1. The number of allylic oxidation sites excluding steroid dienone is 1. The van der Waals surface area contributed by atoms with E-state index >= 15 is 0 Å². The molecule has 0 saturated carbocycles. The van der Waals surface area contributed by atoms with E-state index in [1.807, 2.05) is 91.0 Å². The van der Waals surface area contributed by atoms with Gasteiger partial charge in [-0.25, -0.2) is 0 Å². The second kappa shape index (κ2) is 13.5. The molecule has 0 radical (unpaired) electrons. The molecule has 3 amide bonds. The summed E-state index contributed by atoms with van der Waals surface area (Å²) in [5.74, 6) is 2.11. The molecule has 1 N–H and O–H groups in total. The topological polar surface area (TPSA) is 141 Å². The van der Waals surface area contributed by atoms with Crippen LogP contribution in [-0.2, 0) is 23.4 Å². The van der Waals surface area contributed by atoms with Crippen LogP contribution in [0, 0.1) is 0 Å². The Balaban J connectivity index is 1.42. The first kappa shape index (κ1) is 35.0. The quantitative estimate of drug-likeness (QED) is 0.206. The summed E-state index contributed by atoms with van der Waals surface area (Å²) in [7, 11) is -5.05. The van der Waals surface area contributed by atoms with E-state index in [9.17, 15) is 18.0 Å². The van der Waals surface area contributed by atoms with Crippen molar-refractivity contribution in [3.8, 4) is 0 Å². The monoisotopic (exact) mass is 718 g/mol. The van der Waals surface area contributed by atoms with Gasteiger partial charge in [0.15, 0.2) is 0 Å². The Labute approximate surface area is 291 Å². The summed E-state index contributed by atoms with van der Waals surface area (Å²) in [6, 6.07) is 25.1. The van der Waals surface area contributed by atoms with Crippen LogP contribution in [0.5, 0.6) is 0 Å². The summed E-state index contributed by atoms with van der Waals surface area (Å²) in [5, 5.41) is 5.30. The predicted octanol–water partition coefficient (Wildman–Crippen LogP) is 5.24. The molecule has 12 nitrogen and oxygen atoms in total. The fraction of sp³-hybridized carbons (Fsp3) is 0.250. The van der Waals surface area contributed by atoms with Crippen LogP contribution in [0.15, 0.2) is 126 Å². The molecule has 2 aliphatic heterocycles. The molecule has 14 heteroatoms. The molecule has 4 aromatic rings. The van der Waals surface area contributed by atoms with Gasteiger partial charge in [0.25, 0.3) is 0 Å². The molecule has 2 atom stereocenters. The number of fused-ring (bicyclic) bond motifs is 2. The molecule has 0 spiro atoms. The fourth-order valence-electron chi connectivity index (χ4n) is 6.49. The zero-order chi connectivity index (χ0) is 35.6. The summed E-state index contributed by atoms with van der Waals surface area (Å²) in [5.41, 5.74) is -0.275. The molecule has 3 aromatic carbocycles. The van der Waals surface area contributed by atoms with E-state index < -0.39 is 47.0 Å². The number of ether oxygens (including phenoxy) is 1. The van der Waals surface area contributed by atoms with E-state index in [4.69, 9.17) is 17.4 Å². The summed E-state index contributed by atoms with van der Waals surface area (Å²) in [6.45, 7) is 2.50. The van der Waals surface area contributed by atoms with Crippen LogP contribution < -0.4 is 21.2 Å². The van der Waals surface area contributed by atoms with Crippen molar-refractivity contribution in [3.05, 3.63) is 127 Å². The SMILES string of the molecule is C/C=C/P(OS(=O)(=O)ON1C(=O)N2C[C@H]1C(c1cnco1)=C[C@@H]2CNC(=O)OC(C)(C)C)(c1ccccc1)(c1ccccc1)c1ccccc1. The number of amides is 3. The van der Waals surface area contributed by atoms with Gasteiger partial charge in [-0.05, 0) is 20.8 Å². The molecular weight excluding hydrogens is 679 g/mol. The summed E-state index contributed by atoms with van der Waals surface area (Å²) in [6.07, 6.45) is 5.53. The van der Waals surface area contributed by atoms with Gasteiger partial charge in [0.1, 0.15) is 0 Å². The van der Waals surface area contributed by atoms with Gasteiger partial charge in [0, 0.05) is 0 Å². The summed E-state index contributed by atoms with van der Waals surface area (Å²) < 4.78 is 52.5. The van der Waals surface area contributed by atoms with Crippen molar-refractivity contribution in [2.45, 2.75) is 45.4 Å². The number of carbonyl (C=O) groups excluding carboxylic acids is 2. The van der Waals surface area contributed by atoms with Crippen molar-refractivity contribution < 1.29 is 35.4 Å². The van der Waals surface area contributed by atoms with Gasteiger partial charge in [-0.1, -0.05) is 0 Å². The van der Waals surface area contributed by atoms with Crippen LogP contribution in [0.25, 0.3) is 5.57 Å². The molecule has 1 fully saturated rings. The Bertz CT molecular complexity index is 1900. The molecule has 1 aromatic heterocycles. The number of alkyl carbamates (subject to hydrolysis) is 1. The van der Waals surface area contributed by atoms with E-state index in [0.717, 1.165) is 5.06 Å².